The highest BCUT2D eigenvalue weighted by molar-refractivity contribution is 7.15. The average molecular weight is 498 g/mol. The molecule has 0 fully saturated rings. The lowest BCUT2D eigenvalue weighted by atomic mass is 9.87. The Morgan fingerprint density at radius 3 is 2.26 bits per heavy atom. The Hall–Kier alpha value is -3.52. The number of hydrogen-bond acceptors (Lipinski definition) is 7. The van der Waals surface area contributed by atoms with Crippen molar-refractivity contribution in [2.75, 3.05) is 32.8 Å². The third kappa shape index (κ3) is 6.33. The summed E-state index contributed by atoms with van der Waals surface area (Å²) in [6.45, 7) is 8.15. The molecule has 3 aromatic rings. The van der Waals surface area contributed by atoms with Crippen LogP contribution in [0.15, 0.2) is 47.8 Å². The summed E-state index contributed by atoms with van der Waals surface area (Å²) in [5, 5.41) is 4.99. The Bertz CT molecular complexity index is 1180. The fourth-order valence-corrected chi connectivity index (χ4v) is 4.41. The summed E-state index contributed by atoms with van der Waals surface area (Å²) in [5.41, 5.74) is 2.85. The van der Waals surface area contributed by atoms with Gasteiger partial charge in [0, 0.05) is 10.9 Å². The van der Waals surface area contributed by atoms with Gasteiger partial charge in [-0.1, -0.05) is 39.0 Å². The van der Waals surface area contributed by atoms with Gasteiger partial charge in [-0.2, -0.15) is 0 Å². The van der Waals surface area contributed by atoms with Gasteiger partial charge in [0.05, 0.1) is 20.8 Å². The molecule has 35 heavy (non-hydrogen) atoms. The summed E-state index contributed by atoms with van der Waals surface area (Å²) in [6.07, 6.45) is 0. The summed E-state index contributed by atoms with van der Waals surface area (Å²) in [6, 6.07) is 13.0. The second kappa shape index (κ2) is 11.3. The summed E-state index contributed by atoms with van der Waals surface area (Å²) in [5.74, 6) is 0.799. The average Bonchev–Trinajstić information content (AvgIpc) is 3.25. The van der Waals surface area contributed by atoms with Crippen molar-refractivity contribution in [3.8, 4) is 28.4 Å². The van der Waals surface area contributed by atoms with Crippen LogP contribution in [0.3, 0.4) is 0 Å². The molecule has 8 heteroatoms. The molecule has 0 unspecified atom stereocenters. The van der Waals surface area contributed by atoms with E-state index in [4.69, 9.17) is 18.9 Å². The number of ether oxygens (including phenoxy) is 4. The van der Waals surface area contributed by atoms with Crippen LogP contribution >= 0.6 is 11.3 Å². The van der Waals surface area contributed by atoms with Gasteiger partial charge in [-0.05, 0) is 47.7 Å². The van der Waals surface area contributed by atoms with E-state index >= 15 is 0 Å². The van der Waals surface area contributed by atoms with Gasteiger partial charge in [0.1, 0.15) is 16.3 Å². The van der Waals surface area contributed by atoms with Crippen LogP contribution in [0.2, 0.25) is 0 Å². The van der Waals surface area contributed by atoms with E-state index in [0.717, 1.165) is 5.56 Å². The first kappa shape index (κ1) is 26.1. The van der Waals surface area contributed by atoms with Crippen LogP contribution in [-0.4, -0.2) is 39.3 Å². The van der Waals surface area contributed by atoms with Crippen molar-refractivity contribution in [3.05, 3.63) is 59.0 Å². The number of anilines is 1. The maximum atomic E-state index is 12.8. The normalized spacial score (nSPS) is 11.0. The minimum absolute atomic E-state index is 0.0319. The maximum Gasteiger partial charge on any atom is 0.341 e. The van der Waals surface area contributed by atoms with E-state index in [9.17, 15) is 9.59 Å². The minimum Gasteiger partial charge on any atom is -0.493 e. The maximum absolute atomic E-state index is 12.8. The van der Waals surface area contributed by atoms with Crippen molar-refractivity contribution >= 4 is 28.2 Å². The van der Waals surface area contributed by atoms with Crippen molar-refractivity contribution in [3.63, 3.8) is 0 Å². The highest BCUT2D eigenvalue weighted by Crippen LogP contribution is 2.39. The lowest BCUT2D eigenvalue weighted by Gasteiger charge is -2.19. The largest absolute Gasteiger partial charge is 0.493 e. The van der Waals surface area contributed by atoms with Crippen LogP contribution in [0.1, 0.15) is 43.6 Å². The van der Waals surface area contributed by atoms with Gasteiger partial charge >= 0.3 is 5.97 Å². The van der Waals surface area contributed by atoms with Gasteiger partial charge in [-0.25, -0.2) is 4.79 Å². The highest BCUT2D eigenvalue weighted by atomic mass is 32.1. The van der Waals surface area contributed by atoms with E-state index < -0.39 is 5.97 Å². The van der Waals surface area contributed by atoms with Crippen LogP contribution in [0.25, 0.3) is 11.1 Å². The first-order chi connectivity index (χ1) is 16.7. The Kier molecular flexibility index (Phi) is 8.40. The molecule has 0 aliphatic rings. The lowest BCUT2D eigenvalue weighted by Crippen LogP contribution is -2.21. The number of rotatable bonds is 9. The number of benzene rings is 2. The summed E-state index contributed by atoms with van der Waals surface area (Å²) in [7, 11) is 3.10. The molecule has 186 valence electrons. The van der Waals surface area contributed by atoms with Crippen LogP contribution in [0.4, 0.5) is 5.00 Å². The SMILES string of the molecule is CCOC(=O)c1c(-c2ccc(OC)c(OC)c2)csc1NC(=O)COc1ccc(C(C)(C)C)cc1. The number of thiophene rings is 1. The molecule has 0 aliphatic carbocycles. The molecule has 1 heterocycles. The number of nitrogens with one attached hydrogen (secondary N) is 1. The molecule has 7 nitrogen and oxygen atoms in total. The van der Waals surface area contributed by atoms with Gasteiger partial charge in [-0.3, -0.25) is 4.79 Å². The molecule has 0 spiro atoms. The third-order valence-corrected chi connectivity index (χ3v) is 6.20. The van der Waals surface area contributed by atoms with E-state index in [1.165, 1.54) is 16.9 Å². The number of amides is 1. The summed E-state index contributed by atoms with van der Waals surface area (Å²) < 4.78 is 21.6. The smallest absolute Gasteiger partial charge is 0.341 e. The Morgan fingerprint density at radius 2 is 1.66 bits per heavy atom. The number of esters is 1. The fraction of sp³-hybridized carbons (Fsp3) is 0.333. The van der Waals surface area contributed by atoms with Crippen molar-refractivity contribution < 1.29 is 28.5 Å². The Morgan fingerprint density at radius 1 is 0.971 bits per heavy atom. The van der Waals surface area contributed by atoms with Gasteiger partial charge in [0.15, 0.2) is 18.1 Å². The van der Waals surface area contributed by atoms with E-state index in [0.29, 0.717) is 27.8 Å². The van der Waals surface area contributed by atoms with Crippen LogP contribution in [0, 0.1) is 0 Å². The molecule has 0 aliphatic heterocycles. The molecule has 3 rings (SSSR count). The summed E-state index contributed by atoms with van der Waals surface area (Å²) >= 11 is 1.24. The predicted molar refractivity (Wildman–Crippen MR) is 138 cm³/mol. The van der Waals surface area contributed by atoms with E-state index in [1.807, 2.05) is 30.3 Å². The minimum atomic E-state index is -0.521. The molecule has 1 aromatic heterocycles. The molecule has 0 saturated carbocycles. The van der Waals surface area contributed by atoms with Gasteiger partial charge < -0.3 is 24.3 Å². The monoisotopic (exact) mass is 497 g/mol. The molecule has 1 amide bonds. The predicted octanol–water partition coefficient (Wildman–Crippen LogP) is 5.92. The zero-order valence-corrected chi connectivity index (χ0v) is 21.7. The second-order valence-electron chi connectivity index (χ2n) is 8.75. The molecule has 1 N–H and O–H groups in total. The molecule has 0 bridgehead atoms. The first-order valence-corrected chi connectivity index (χ1v) is 12.1. The van der Waals surface area contributed by atoms with E-state index in [2.05, 4.69) is 26.1 Å². The van der Waals surface area contributed by atoms with Crippen LogP contribution in [-0.2, 0) is 14.9 Å². The standard InChI is InChI=1S/C27H31NO6S/c1-7-33-26(30)24-20(17-8-13-21(31-5)22(14-17)32-6)16-35-25(24)28-23(29)15-34-19-11-9-18(10-12-19)27(2,3)4/h8-14,16H,7,15H2,1-6H3,(H,28,29). The molecule has 0 saturated heterocycles. The topological polar surface area (TPSA) is 83.1 Å². The van der Waals surface area contributed by atoms with Crippen molar-refractivity contribution in [1.29, 1.82) is 0 Å². The van der Waals surface area contributed by atoms with Gasteiger partial charge in [0.25, 0.3) is 5.91 Å². The molecular formula is C27H31NO6S. The quantitative estimate of drug-likeness (QED) is 0.369. The van der Waals surface area contributed by atoms with Gasteiger partial charge in [-0.15, -0.1) is 11.3 Å². The zero-order valence-electron chi connectivity index (χ0n) is 20.9. The van der Waals surface area contributed by atoms with Crippen molar-refractivity contribution in [1.82, 2.24) is 0 Å². The number of carbonyl (C=O) groups is 2. The second-order valence-corrected chi connectivity index (χ2v) is 9.63. The first-order valence-electron chi connectivity index (χ1n) is 11.2. The Labute approximate surface area is 210 Å². The van der Waals surface area contributed by atoms with E-state index in [1.54, 1.807) is 38.7 Å². The van der Waals surface area contributed by atoms with Crippen LogP contribution < -0.4 is 19.5 Å². The van der Waals surface area contributed by atoms with Crippen LogP contribution in [0.5, 0.6) is 17.2 Å². The van der Waals surface area contributed by atoms with Gasteiger partial charge in [0.2, 0.25) is 0 Å². The number of hydrogen-bond donors (Lipinski definition) is 1. The number of methoxy groups -OCH3 is 2. The fourth-order valence-electron chi connectivity index (χ4n) is 3.43. The van der Waals surface area contributed by atoms with Crippen molar-refractivity contribution in [2.45, 2.75) is 33.1 Å². The lowest BCUT2D eigenvalue weighted by molar-refractivity contribution is -0.118. The Balaban J connectivity index is 1.80. The zero-order chi connectivity index (χ0) is 25.6. The molecule has 0 atom stereocenters. The van der Waals surface area contributed by atoms with E-state index in [-0.39, 0.29) is 30.1 Å². The summed E-state index contributed by atoms with van der Waals surface area (Å²) in [4.78, 5) is 25.5. The highest BCUT2D eigenvalue weighted by Gasteiger charge is 2.24. The van der Waals surface area contributed by atoms with Crippen molar-refractivity contribution in [2.24, 2.45) is 0 Å². The number of carbonyl (C=O) groups excluding carboxylic acids is 2. The third-order valence-electron chi connectivity index (χ3n) is 5.31. The molecular weight excluding hydrogens is 466 g/mol. The molecule has 0 radical (unpaired) electrons. The molecule has 2 aromatic carbocycles.